The van der Waals surface area contributed by atoms with Crippen molar-refractivity contribution < 1.29 is 9.47 Å². The van der Waals surface area contributed by atoms with E-state index in [1.165, 1.54) is 19.3 Å². The topological polar surface area (TPSA) is 18.5 Å². The van der Waals surface area contributed by atoms with E-state index in [1.807, 2.05) is 0 Å². The molecule has 3 rings (SSSR count). The molecule has 1 saturated carbocycles. The van der Waals surface area contributed by atoms with Crippen molar-refractivity contribution in [3.05, 3.63) is 12.8 Å². The van der Waals surface area contributed by atoms with Crippen LogP contribution in [0.3, 0.4) is 0 Å². The van der Waals surface area contributed by atoms with Crippen molar-refractivity contribution in [2.24, 2.45) is 11.8 Å². The third-order valence-corrected chi connectivity index (χ3v) is 3.96. The molecule has 2 nitrogen and oxygen atoms in total. The van der Waals surface area contributed by atoms with Crippen LogP contribution in [-0.2, 0) is 9.47 Å². The van der Waals surface area contributed by atoms with Crippen LogP contribution in [-0.4, -0.2) is 18.3 Å². The van der Waals surface area contributed by atoms with Gasteiger partial charge in [0.1, 0.15) is 6.10 Å². The molecule has 1 aliphatic carbocycles. The molecule has 0 aromatic carbocycles. The summed E-state index contributed by atoms with van der Waals surface area (Å²) in [6, 6.07) is 0. The van der Waals surface area contributed by atoms with Crippen molar-refractivity contribution >= 4 is 0 Å². The highest BCUT2D eigenvalue weighted by Crippen LogP contribution is 2.52. The quantitative estimate of drug-likeness (QED) is 0.606. The molecule has 3 aliphatic rings. The second-order valence-corrected chi connectivity index (χ2v) is 4.47. The summed E-state index contributed by atoms with van der Waals surface area (Å²) in [6.07, 6.45) is 7.98. The molecule has 2 heteroatoms. The predicted molar refractivity (Wildman–Crippen MR) is 49.2 cm³/mol. The van der Waals surface area contributed by atoms with E-state index in [9.17, 15) is 0 Å². The fraction of sp³-hybridized carbons (Fsp3) is 0.818. The van der Waals surface area contributed by atoms with Gasteiger partial charge in [-0.1, -0.05) is 13.0 Å². The summed E-state index contributed by atoms with van der Waals surface area (Å²) in [5.41, 5.74) is 0. The maximum Gasteiger partial charge on any atom is 0.127 e. The Balaban J connectivity index is 1.77. The maximum atomic E-state index is 5.93. The second-order valence-electron chi connectivity index (χ2n) is 4.47. The van der Waals surface area contributed by atoms with E-state index < -0.39 is 0 Å². The van der Waals surface area contributed by atoms with Gasteiger partial charge in [-0.3, -0.25) is 0 Å². The van der Waals surface area contributed by atoms with Crippen LogP contribution in [0, 0.1) is 11.8 Å². The van der Waals surface area contributed by atoms with Crippen LogP contribution >= 0.6 is 0 Å². The number of ether oxygens (including phenoxy) is 2. The Morgan fingerprint density at radius 2 is 2.15 bits per heavy atom. The SMILES string of the molecule is C=COC1CC2OC1C1CCCC21. The van der Waals surface area contributed by atoms with Gasteiger partial charge in [0.2, 0.25) is 0 Å². The first kappa shape index (κ1) is 7.86. The van der Waals surface area contributed by atoms with Crippen molar-refractivity contribution in [2.75, 3.05) is 0 Å². The molecule has 72 valence electrons. The van der Waals surface area contributed by atoms with E-state index >= 15 is 0 Å². The van der Waals surface area contributed by atoms with Gasteiger partial charge in [-0.2, -0.15) is 0 Å². The number of hydrogen-bond acceptors (Lipinski definition) is 2. The molecule has 13 heavy (non-hydrogen) atoms. The molecule has 0 spiro atoms. The highest BCUT2D eigenvalue weighted by atomic mass is 16.6. The van der Waals surface area contributed by atoms with Gasteiger partial charge in [0.25, 0.3) is 0 Å². The Hall–Kier alpha value is -0.500. The lowest BCUT2D eigenvalue weighted by molar-refractivity contribution is 0.0231. The van der Waals surface area contributed by atoms with Gasteiger partial charge in [-0.25, -0.2) is 0 Å². The lowest BCUT2D eigenvalue weighted by Crippen LogP contribution is -2.34. The Kier molecular flexibility index (Phi) is 1.66. The van der Waals surface area contributed by atoms with Crippen LogP contribution in [0.25, 0.3) is 0 Å². The highest BCUT2D eigenvalue weighted by Gasteiger charge is 2.56. The zero-order valence-corrected chi connectivity index (χ0v) is 7.82. The van der Waals surface area contributed by atoms with E-state index in [4.69, 9.17) is 9.47 Å². The molecule has 2 bridgehead atoms. The molecule has 0 amide bonds. The minimum atomic E-state index is 0.307. The summed E-state index contributed by atoms with van der Waals surface area (Å²) in [5, 5.41) is 0. The molecule has 2 saturated heterocycles. The average molecular weight is 180 g/mol. The minimum absolute atomic E-state index is 0.307. The molecule has 2 heterocycles. The van der Waals surface area contributed by atoms with Gasteiger partial charge in [-0.05, 0) is 24.7 Å². The molecule has 0 radical (unpaired) electrons. The molecule has 0 N–H and O–H groups in total. The standard InChI is InChI=1S/C11H16O2/c1-2-12-10-6-9-7-4-3-5-8(7)11(10)13-9/h2,7-11H,1,3-6H2. The van der Waals surface area contributed by atoms with Crippen molar-refractivity contribution in [3.8, 4) is 0 Å². The first-order valence-corrected chi connectivity index (χ1v) is 5.32. The summed E-state index contributed by atoms with van der Waals surface area (Å²) >= 11 is 0. The number of hydrogen-bond donors (Lipinski definition) is 0. The fourth-order valence-electron chi connectivity index (χ4n) is 3.50. The van der Waals surface area contributed by atoms with Gasteiger partial charge in [-0.15, -0.1) is 0 Å². The molecule has 3 fully saturated rings. The van der Waals surface area contributed by atoms with Gasteiger partial charge >= 0.3 is 0 Å². The van der Waals surface area contributed by atoms with E-state index in [1.54, 1.807) is 6.26 Å². The summed E-state index contributed by atoms with van der Waals surface area (Å²) in [6.45, 7) is 3.62. The van der Waals surface area contributed by atoms with Crippen LogP contribution in [0.4, 0.5) is 0 Å². The summed E-state index contributed by atoms with van der Waals surface area (Å²) in [4.78, 5) is 0. The Morgan fingerprint density at radius 1 is 1.31 bits per heavy atom. The molecular weight excluding hydrogens is 164 g/mol. The lowest BCUT2D eigenvalue weighted by Gasteiger charge is -2.27. The zero-order valence-electron chi connectivity index (χ0n) is 7.82. The van der Waals surface area contributed by atoms with Crippen molar-refractivity contribution in [1.29, 1.82) is 0 Å². The normalized spacial score (nSPS) is 52.2. The molecule has 0 aromatic rings. The van der Waals surface area contributed by atoms with E-state index in [-0.39, 0.29) is 0 Å². The van der Waals surface area contributed by atoms with E-state index in [0.29, 0.717) is 18.3 Å². The molecule has 5 unspecified atom stereocenters. The average Bonchev–Trinajstić information content (AvgIpc) is 2.72. The fourth-order valence-corrected chi connectivity index (χ4v) is 3.50. The highest BCUT2D eigenvalue weighted by molar-refractivity contribution is 5.04. The first-order valence-electron chi connectivity index (χ1n) is 5.32. The summed E-state index contributed by atoms with van der Waals surface area (Å²) in [7, 11) is 0. The number of rotatable bonds is 2. The third kappa shape index (κ3) is 0.983. The van der Waals surface area contributed by atoms with Crippen LogP contribution in [0.2, 0.25) is 0 Å². The Bertz CT molecular complexity index is 226. The Morgan fingerprint density at radius 3 is 3.00 bits per heavy atom. The van der Waals surface area contributed by atoms with Crippen molar-refractivity contribution in [1.82, 2.24) is 0 Å². The molecule has 5 atom stereocenters. The lowest BCUT2D eigenvalue weighted by atomic mass is 9.80. The van der Waals surface area contributed by atoms with Crippen molar-refractivity contribution in [2.45, 2.75) is 44.0 Å². The van der Waals surface area contributed by atoms with E-state index in [2.05, 4.69) is 6.58 Å². The largest absolute Gasteiger partial charge is 0.496 e. The maximum absolute atomic E-state index is 5.93. The minimum Gasteiger partial charge on any atom is -0.496 e. The Labute approximate surface area is 78.9 Å². The van der Waals surface area contributed by atoms with Gasteiger partial charge in [0.15, 0.2) is 0 Å². The molecule has 0 aromatic heterocycles. The first-order chi connectivity index (χ1) is 6.40. The second kappa shape index (κ2) is 2.74. The smallest absolute Gasteiger partial charge is 0.127 e. The van der Waals surface area contributed by atoms with Gasteiger partial charge in [0, 0.05) is 6.42 Å². The zero-order chi connectivity index (χ0) is 8.84. The van der Waals surface area contributed by atoms with Gasteiger partial charge in [0.05, 0.1) is 18.5 Å². The predicted octanol–water partition coefficient (Wildman–Crippen LogP) is 2.10. The van der Waals surface area contributed by atoms with Crippen LogP contribution in [0.5, 0.6) is 0 Å². The van der Waals surface area contributed by atoms with Crippen molar-refractivity contribution in [3.63, 3.8) is 0 Å². The monoisotopic (exact) mass is 180 g/mol. The van der Waals surface area contributed by atoms with Gasteiger partial charge < -0.3 is 9.47 Å². The van der Waals surface area contributed by atoms with E-state index in [0.717, 1.165) is 18.3 Å². The summed E-state index contributed by atoms with van der Waals surface area (Å²) in [5.74, 6) is 1.65. The summed E-state index contributed by atoms with van der Waals surface area (Å²) < 4.78 is 11.4. The molecular formula is C11H16O2. The third-order valence-electron chi connectivity index (χ3n) is 3.96. The van der Waals surface area contributed by atoms with Crippen LogP contribution in [0.15, 0.2) is 12.8 Å². The molecule has 2 aliphatic heterocycles. The van der Waals surface area contributed by atoms with Crippen LogP contribution in [0.1, 0.15) is 25.7 Å². The number of fused-ring (bicyclic) bond motifs is 5. The van der Waals surface area contributed by atoms with Crippen LogP contribution < -0.4 is 0 Å².